The zero-order chi connectivity index (χ0) is 19.6. The first kappa shape index (κ1) is 19.6. The van der Waals surface area contributed by atoms with Gasteiger partial charge in [0.2, 0.25) is 0 Å². The molecule has 1 aromatic carbocycles. The molecule has 1 aliphatic rings. The number of piperidine rings is 1. The number of hydrogen-bond donors (Lipinski definition) is 2. The van der Waals surface area contributed by atoms with Crippen LogP contribution in [0, 0.1) is 19.3 Å². The second-order valence-corrected chi connectivity index (χ2v) is 7.60. The summed E-state index contributed by atoms with van der Waals surface area (Å²) in [5.74, 6) is -0.929. The molecule has 2 atom stereocenters. The summed E-state index contributed by atoms with van der Waals surface area (Å²) in [6, 6.07) is 9.58. The zero-order valence-electron chi connectivity index (χ0n) is 16.4. The Hall–Kier alpha value is -2.18. The van der Waals surface area contributed by atoms with Gasteiger partial charge in [-0.2, -0.15) is 5.10 Å². The number of aliphatic hydroxyl groups is 1. The molecule has 1 aliphatic heterocycles. The van der Waals surface area contributed by atoms with Crippen LogP contribution in [0.1, 0.15) is 35.9 Å². The van der Waals surface area contributed by atoms with Gasteiger partial charge in [-0.25, -0.2) is 0 Å². The number of hydrogen-bond acceptors (Lipinski definition) is 4. The smallest absolute Gasteiger partial charge is 0.313 e. The van der Waals surface area contributed by atoms with E-state index in [9.17, 15) is 15.0 Å². The van der Waals surface area contributed by atoms with Crippen LogP contribution in [0.2, 0.25) is 0 Å². The molecule has 2 N–H and O–H groups in total. The Morgan fingerprint density at radius 2 is 2.00 bits per heavy atom. The third-order valence-corrected chi connectivity index (χ3v) is 5.86. The van der Waals surface area contributed by atoms with E-state index in [2.05, 4.69) is 23.8 Å². The first-order chi connectivity index (χ1) is 12.9. The molecule has 1 aromatic heterocycles. The number of aliphatic hydroxyl groups excluding tert-OH is 1. The van der Waals surface area contributed by atoms with Crippen molar-refractivity contribution in [2.24, 2.45) is 5.41 Å². The number of aromatic nitrogens is 2. The van der Waals surface area contributed by atoms with Gasteiger partial charge in [0, 0.05) is 37.4 Å². The Bertz CT molecular complexity index is 803. The summed E-state index contributed by atoms with van der Waals surface area (Å²) in [5.41, 5.74) is 3.02. The maximum atomic E-state index is 12.3. The van der Waals surface area contributed by atoms with Crippen LogP contribution in [-0.2, 0) is 24.3 Å². The molecule has 6 nitrogen and oxygen atoms in total. The fraction of sp³-hybridized carbons (Fsp3) is 0.524. The van der Waals surface area contributed by atoms with E-state index in [0.717, 1.165) is 29.1 Å². The predicted molar refractivity (Wildman–Crippen MR) is 103 cm³/mol. The summed E-state index contributed by atoms with van der Waals surface area (Å²) in [7, 11) is 0. The minimum Gasteiger partial charge on any atom is -0.481 e. The van der Waals surface area contributed by atoms with Gasteiger partial charge in [-0.15, -0.1) is 0 Å². The average Bonchev–Trinajstić information content (AvgIpc) is 2.92. The molecule has 6 heteroatoms. The third kappa shape index (κ3) is 3.77. The van der Waals surface area contributed by atoms with Crippen LogP contribution in [-0.4, -0.2) is 50.1 Å². The molecule has 0 bridgehead atoms. The van der Waals surface area contributed by atoms with E-state index in [4.69, 9.17) is 0 Å². The van der Waals surface area contributed by atoms with Crippen LogP contribution < -0.4 is 0 Å². The van der Waals surface area contributed by atoms with Crippen molar-refractivity contribution in [3.63, 3.8) is 0 Å². The van der Waals surface area contributed by atoms with Gasteiger partial charge >= 0.3 is 5.97 Å². The van der Waals surface area contributed by atoms with E-state index in [0.29, 0.717) is 32.5 Å². The summed E-state index contributed by atoms with van der Waals surface area (Å²) in [6.45, 7) is 8.62. The van der Waals surface area contributed by atoms with Gasteiger partial charge in [0.15, 0.2) is 0 Å². The molecule has 3 rings (SSSR count). The van der Waals surface area contributed by atoms with Crippen molar-refractivity contribution < 1.29 is 15.0 Å². The maximum Gasteiger partial charge on any atom is 0.313 e. The van der Waals surface area contributed by atoms with Gasteiger partial charge in [0.1, 0.15) is 5.41 Å². The number of benzene rings is 1. The van der Waals surface area contributed by atoms with Crippen LogP contribution in [0.5, 0.6) is 0 Å². The first-order valence-electron chi connectivity index (χ1n) is 9.58. The standard InChI is InChI=1S/C21H29N3O3/c1-4-24-16(3)18(15(2)22-24)13-23-11-10-19(25)21(14-23,20(26)27)12-17-8-6-5-7-9-17/h5-9,19,25H,4,10-14H2,1-3H3,(H,26,27)/t19-,21-/m1/s1. The molecule has 0 aliphatic carbocycles. The molecule has 1 saturated heterocycles. The summed E-state index contributed by atoms with van der Waals surface area (Å²) >= 11 is 0. The zero-order valence-corrected chi connectivity index (χ0v) is 16.4. The number of carboxylic acids is 1. The summed E-state index contributed by atoms with van der Waals surface area (Å²) in [4.78, 5) is 14.4. The molecule has 1 fully saturated rings. The molecule has 27 heavy (non-hydrogen) atoms. The quantitative estimate of drug-likeness (QED) is 0.815. The largest absolute Gasteiger partial charge is 0.481 e. The highest BCUT2D eigenvalue weighted by molar-refractivity contribution is 5.76. The highest BCUT2D eigenvalue weighted by Crippen LogP contribution is 2.35. The van der Waals surface area contributed by atoms with Gasteiger partial charge in [-0.05, 0) is 39.2 Å². The number of aryl methyl sites for hydroxylation is 2. The number of carboxylic acid groups (broad SMARTS) is 1. The fourth-order valence-electron chi connectivity index (χ4n) is 4.21. The Labute approximate surface area is 160 Å². The van der Waals surface area contributed by atoms with E-state index in [1.54, 1.807) is 0 Å². The van der Waals surface area contributed by atoms with Gasteiger partial charge in [0.25, 0.3) is 0 Å². The monoisotopic (exact) mass is 371 g/mol. The number of aliphatic carboxylic acids is 1. The van der Waals surface area contributed by atoms with E-state index in [1.807, 2.05) is 41.9 Å². The van der Waals surface area contributed by atoms with Crippen molar-refractivity contribution in [1.29, 1.82) is 0 Å². The Morgan fingerprint density at radius 1 is 1.30 bits per heavy atom. The van der Waals surface area contributed by atoms with Crippen molar-refractivity contribution in [3.05, 3.63) is 52.8 Å². The summed E-state index contributed by atoms with van der Waals surface area (Å²) in [5, 5.41) is 25.3. The SMILES string of the molecule is CCn1nc(C)c(CN2CC[C@@H](O)[C@](Cc3ccccc3)(C(=O)O)C2)c1C. The van der Waals surface area contributed by atoms with Crippen LogP contribution in [0.3, 0.4) is 0 Å². The van der Waals surface area contributed by atoms with Gasteiger partial charge in [-0.1, -0.05) is 30.3 Å². The Balaban J connectivity index is 1.85. The minimum atomic E-state index is -1.19. The number of likely N-dealkylation sites (tertiary alicyclic amines) is 1. The van der Waals surface area contributed by atoms with Crippen molar-refractivity contribution >= 4 is 5.97 Å². The second-order valence-electron chi connectivity index (χ2n) is 7.60. The van der Waals surface area contributed by atoms with Gasteiger partial charge in [-0.3, -0.25) is 14.4 Å². The van der Waals surface area contributed by atoms with E-state index in [1.165, 1.54) is 0 Å². The normalized spacial score (nSPS) is 23.5. The first-order valence-corrected chi connectivity index (χ1v) is 9.58. The summed E-state index contributed by atoms with van der Waals surface area (Å²) < 4.78 is 1.98. The van der Waals surface area contributed by atoms with Crippen LogP contribution in [0.4, 0.5) is 0 Å². The predicted octanol–water partition coefficient (Wildman–Crippen LogP) is 2.40. The molecule has 2 aromatic rings. The number of rotatable bonds is 6. The van der Waals surface area contributed by atoms with Crippen LogP contribution in [0.25, 0.3) is 0 Å². The Morgan fingerprint density at radius 3 is 2.59 bits per heavy atom. The highest BCUT2D eigenvalue weighted by atomic mass is 16.4. The second kappa shape index (κ2) is 7.82. The molecule has 146 valence electrons. The molecule has 0 saturated carbocycles. The third-order valence-electron chi connectivity index (χ3n) is 5.86. The lowest BCUT2D eigenvalue weighted by atomic mass is 9.72. The van der Waals surface area contributed by atoms with E-state index in [-0.39, 0.29) is 0 Å². The maximum absolute atomic E-state index is 12.3. The number of carbonyl (C=O) groups is 1. The van der Waals surface area contributed by atoms with Crippen molar-refractivity contribution in [3.8, 4) is 0 Å². The van der Waals surface area contributed by atoms with E-state index < -0.39 is 17.5 Å². The summed E-state index contributed by atoms with van der Waals surface area (Å²) in [6.07, 6.45) is -0.0707. The fourth-order valence-corrected chi connectivity index (χ4v) is 4.21. The minimum absolute atomic E-state index is 0.326. The molecule has 0 unspecified atom stereocenters. The molecule has 2 heterocycles. The molecular formula is C21H29N3O3. The molecule has 0 amide bonds. The van der Waals surface area contributed by atoms with Crippen molar-refractivity contribution in [2.75, 3.05) is 13.1 Å². The lowest BCUT2D eigenvalue weighted by Crippen LogP contribution is -2.56. The molecule has 0 radical (unpaired) electrons. The van der Waals surface area contributed by atoms with Crippen molar-refractivity contribution in [2.45, 2.75) is 52.8 Å². The Kier molecular flexibility index (Phi) is 5.67. The van der Waals surface area contributed by atoms with E-state index >= 15 is 0 Å². The number of nitrogens with zero attached hydrogens (tertiary/aromatic N) is 3. The molecule has 0 spiro atoms. The van der Waals surface area contributed by atoms with Crippen LogP contribution in [0.15, 0.2) is 30.3 Å². The lowest BCUT2D eigenvalue weighted by Gasteiger charge is -2.43. The topological polar surface area (TPSA) is 78.6 Å². The van der Waals surface area contributed by atoms with Crippen LogP contribution >= 0.6 is 0 Å². The molecular weight excluding hydrogens is 342 g/mol. The average molecular weight is 371 g/mol. The van der Waals surface area contributed by atoms with Gasteiger partial charge in [0.05, 0.1) is 11.8 Å². The van der Waals surface area contributed by atoms with Gasteiger partial charge < -0.3 is 10.2 Å². The lowest BCUT2D eigenvalue weighted by molar-refractivity contribution is -0.163. The van der Waals surface area contributed by atoms with Crippen molar-refractivity contribution in [1.82, 2.24) is 14.7 Å². The highest BCUT2D eigenvalue weighted by Gasteiger charge is 2.49.